The number of ether oxygens (including phenoxy) is 1. The van der Waals surface area contributed by atoms with Crippen LogP contribution >= 0.6 is 15.9 Å². The van der Waals surface area contributed by atoms with Gasteiger partial charge in [-0.15, -0.1) is 0 Å². The predicted octanol–water partition coefficient (Wildman–Crippen LogP) is 3.34. The maximum absolute atomic E-state index is 12.4. The molecule has 0 aromatic heterocycles. The molecule has 0 radical (unpaired) electrons. The van der Waals surface area contributed by atoms with Crippen LogP contribution < -0.4 is 4.72 Å². The minimum Gasteiger partial charge on any atom is -0.465 e. The molecule has 0 saturated carbocycles. The molecule has 0 heterocycles. The normalized spacial score (nSPS) is 11.0. The van der Waals surface area contributed by atoms with E-state index in [4.69, 9.17) is 0 Å². The van der Waals surface area contributed by atoms with Crippen LogP contribution in [0.1, 0.15) is 15.9 Å². The SMILES string of the molecule is COC(=O)c1cccc(S(=O)(=O)Nc2ccc(C)cc2Br)c1. The summed E-state index contributed by atoms with van der Waals surface area (Å²) in [6, 6.07) is 10.9. The number of aryl methyl sites for hydroxylation is 1. The van der Waals surface area contributed by atoms with Crippen LogP contribution in [0.3, 0.4) is 0 Å². The van der Waals surface area contributed by atoms with Crippen molar-refractivity contribution in [1.29, 1.82) is 0 Å². The van der Waals surface area contributed by atoms with Gasteiger partial charge in [-0.05, 0) is 58.7 Å². The van der Waals surface area contributed by atoms with Gasteiger partial charge in [0.15, 0.2) is 0 Å². The molecule has 0 unspecified atom stereocenters. The van der Waals surface area contributed by atoms with E-state index in [2.05, 4.69) is 25.4 Å². The Balaban J connectivity index is 2.36. The molecule has 0 aliphatic carbocycles. The summed E-state index contributed by atoms with van der Waals surface area (Å²) in [6.45, 7) is 1.91. The van der Waals surface area contributed by atoms with Gasteiger partial charge in [-0.3, -0.25) is 4.72 Å². The molecule has 2 aromatic carbocycles. The summed E-state index contributed by atoms with van der Waals surface area (Å²) in [7, 11) is -2.56. The second-order valence-electron chi connectivity index (χ2n) is 4.61. The number of rotatable bonds is 4. The molecule has 0 bridgehead atoms. The van der Waals surface area contributed by atoms with Crippen LogP contribution in [0.25, 0.3) is 0 Å². The molecule has 0 fully saturated rings. The standard InChI is InChI=1S/C15H14BrNO4S/c1-10-6-7-14(13(16)8-10)17-22(19,20)12-5-3-4-11(9-12)15(18)21-2/h3-9,17H,1-2H3. The smallest absolute Gasteiger partial charge is 0.337 e. The Morgan fingerprint density at radius 2 is 1.91 bits per heavy atom. The molecule has 7 heteroatoms. The number of methoxy groups -OCH3 is 1. The number of carbonyl (C=O) groups is 1. The number of benzene rings is 2. The molecular formula is C15H14BrNO4S. The zero-order chi connectivity index (χ0) is 16.3. The largest absolute Gasteiger partial charge is 0.465 e. The Kier molecular flexibility index (Phi) is 4.87. The van der Waals surface area contributed by atoms with E-state index >= 15 is 0 Å². The lowest BCUT2D eigenvalue weighted by Crippen LogP contribution is -2.14. The molecule has 2 rings (SSSR count). The summed E-state index contributed by atoms with van der Waals surface area (Å²) in [4.78, 5) is 11.5. The first-order valence-electron chi connectivity index (χ1n) is 6.31. The van der Waals surface area contributed by atoms with Crippen molar-refractivity contribution < 1.29 is 17.9 Å². The minimum absolute atomic E-state index is 0.0112. The van der Waals surface area contributed by atoms with Gasteiger partial charge in [-0.2, -0.15) is 0 Å². The van der Waals surface area contributed by atoms with E-state index in [1.807, 2.05) is 13.0 Å². The summed E-state index contributed by atoms with van der Waals surface area (Å²) < 4.78 is 32.6. The van der Waals surface area contributed by atoms with Gasteiger partial charge < -0.3 is 4.74 Å². The number of sulfonamides is 1. The Labute approximate surface area is 137 Å². The Morgan fingerprint density at radius 3 is 2.55 bits per heavy atom. The molecule has 0 aliphatic heterocycles. The number of nitrogens with one attached hydrogen (secondary N) is 1. The molecule has 116 valence electrons. The molecule has 22 heavy (non-hydrogen) atoms. The number of hydrogen-bond acceptors (Lipinski definition) is 4. The molecule has 2 aromatic rings. The van der Waals surface area contributed by atoms with Crippen LogP contribution in [0.2, 0.25) is 0 Å². The van der Waals surface area contributed by atoms with Crippen molar-refractivity contribution >= 4 is 37.6 Å². The Hall–Kier alpha value is -1.86. The molecule has 0 atom stereocenters. The molecular weight excluding hydrogens is 370 g/mol. The summed E-state index contributed by atoms with van der Waals surface area (Å²) >= 11 is 3.32. The summed E-state index contributed by atoms with van der Waals surface area (Å²) in [6.07, 6.45) is 0. The average molecular weight is 384 g/mol. The first-order chi connectivity index (χ1) is 10.3. The van der Waals surface area contributed by atoms with Crippen LogP contribution in [0, 0.1) is 6.92 Å². The van der Waals surface area contributed by atoms with Crippen LogP contribution in [-0.4, -0.2) is 21.5 Å². The van der Waals surface area contributed by atoms with E-state index in [0.717, 1.165) is 5.56 Å². The van der Waals surface area contributed by atoms with Crippen molar-refractivity contribution in [2.24, 2.45) is 0 Å². The van der Waals surface area contributed by atoms with Crippen LogP contribution in [0.15, 0.2) is 51.8 Å². The molecule has 0 spiro atoms. The van der Waals surface area contributed by atoms with Crippen molar-refractivity contribution in [1.82, 2.24) is 0 Å². The van der Waals surface area contributed by atoms with Crippen LogP contribution in [0.5, 0.6) is 0 Å². The Morgan fingerprint density at radius 1 is 1.18 bits per heavy atom. The fourth-order valence-electron chi connectivity index (χ4n) is 1.81. The van der Waals surface area contributed by atoms with Gasteiger partial charge >= 0.3 is 5.97 Å². The average Bonchev–Trinajstić information content (AvgIpc) is 2.49. The van der Waals surface area contributed by atoms with Gasteiger partial charge in [0.2, 0.25) is 0 Å². The first kappa shape index (κ1) is 16.5. The molecule has 5 nitrogen and oxygen atoms in total. The molecule has 0 saturated heterocycles. The van der Waals surface area contributed by atoms with Gasteiger partial charge in [0.05, 0.1) is 23.3 Å². The minimum atomic E-state index is -3.80. The summed E-state index contributed by atoms with van der Waals surface area (Å²) in [5.74, 6) is -0.589. The molecule has 1 N–H and O–H groups in total. The van der Waals surface area contributed by atoms with E-state index < -0.39 is 16.0 Å². The third-order valence-electron chi connectivity index (χ3n) is 2.93. The highest BCUT2D eigenvalue weighted by atomic mass is 79.9. The van der Waals surface area contributed by atoms with Gasteiger partial charge in [0, 0.05) is 4.47 Å². The Bertz CT molecular complexity index is 818. The zero-order valence-electron chi connectivity index (χ0n) is 12.0. The number of anilines is 1. The predicted molar refractivity (Wildman–Crippen MR) is 87.5 cm³/mol. The first-order valence-corrected chi connectivity index (χ1v) is 8.58. The molecule has 0 amide bonds. The highest BCUT2D eigenvalue weighted by Gasteiger charge is 2.17. The second-order valence-corrected chi connectivity index (χ2v) is 7.14. The number of hydrogen-bond donors (Lipinski definition) is 1. The maximum Gasteiger partial charge on any atom is 0.337 e. The number of esters is 1. The maximum atomic E-state index is 12.4. The van der Waals surface area contributed by atoms with Crippen LogP contribution in [-0.2, 0) is 14.8 Å². The summed E-state index contributed by atoms with van der Waals surface area (Å²) in [5.41, 5.74) is 1.60. The van der Waals surface area contributed by atoms with Crippen LogP contribution in [0.4, 0.5) is 5.69 Å². The van der Waals surface area contributed by atoms with Gasteiger partial charge in [-0.25, -0.2) is 13.2 Å². The van der Waals surface area contributed by atoms with Crippen molar-refractivity contribution in [3.05, 3.63) is 58.1 Å². The van der Waals surface area contributed by atoms with E-state index in [-0.39, 0.29) is 10.5 Å². The lowest BCUT2D eigenvalue weighted by Gasteiger charge is -2.11. The molecule has 0 aliphatic rings. The van der Waals surface area contributed by atoms with E-state index in [9.17, 15) is 13.2 Å². The fourth-order valence-corrected chi connectivity index (χ4v) is 3.66. The second kappa shape index (κ2) is 6.50. The highest BCUT2D eigenvalue weighted by Crippen LogP contribution is 2.26. The number of carbonyl (C=O) groups excluding carboxylic acids is 1. The third kappa shape index (κ3) is 3.66. The zero-order valence-corrected chi connectivity index (χ0v) is 14.4. The number of halogens is 1. The fraction of sp³-hybridized carbons (Fsp3) is 0.133. The lowest BCUT2D eigenvalue weighted by atomic mass is 10.2. The highest BCUT2D eigenvalue weighted by molar-refractivity contribution is 9.10. The monoisotopic (exact) mass is 383 g/mol. The van der Waals surface area contributed by atoms with E-state index in [0.29, 0.717) is 10.2 Å². The topological polar surface area (TPSA) is 72.5 Å². The van der Waals surface area contributed by atoms with E-state index in [1.165, 1.54) is 31.4 Å². The van der Waals surface area contributed by atoms with Crippen molar-refractivity contribution in [3.8, 4) is 0 Å². The van der Waals surface area contributed by atoms with Gasteiger partial charge in [0.1, 0.15) is 0 Å². The van der Waals surface area contributed by atoms with Crippen molar-refractivity contribution in [2.75, 3.05) is 11.8 Å². The van der Waals surface area contributed by atoms with Gasteiger partial charge in [-0.1, -0.05) is 12.1 Å². The van der Waals surface area contributed by atoms with Crippen molar-refractivity contribution in [2.45, 2.75) is 11.8 Å². The summed E-state index contributed by atoms with van der Waals surface area (Å²) in [5, 5.41) is 0. The van der Waals surface area contributed by atoms with Crippen molar-refractivity contribution in [3.63, 3.8) is 0 Å². The quantitative estimate of drug-likeness (QED) is 0.821. The van der Waals surface area contributed by atoms with Gasteiger partial charge in [0.25, 0.3) is 10.0 Å². The third-order valence-corrected chi connectivity index (χ3v) is 4.95. The lowest BCUT2D eigenvalue weighted by molar-refractivity contribution is 0.0600. The van der Waals surface area contributed by atoms with E-state index in [1.54, 1.807) is 12.1 Å².